The van der Waals surface area contributed by atoms with Gasteiger partial charge < -0.3 is 14.4 Å². The first-order valence-electron chi connectivity index (χ1n) is 12.6. The van der Waals surface area contributed by atoms with Crippen LogP contribution in [0.2, 0.25) is 0 Å². The van der Waals surface area contributed by atoms with Crippen molar-refractivity contribution in [1.82, 2.24) is 14.5 Å². The van der Waals surface area contributed by atoms with Crippen LogP contribution in [0.15, 0.2) is 42.5 Å². The van der Waals surface area contributed by atoms with Crippen molar-refractivity contribution in [3.05, 3.63) is 59.4 Å². The van der Waals surface area contributed by atoms with Crippen LogP contribution in [0.3, 0.4) is 0 Å². The van der Waals surface area contributed by atoms with Crippen molar-refractivity contribution in [2.45, 2.75) is 64.8 Å². The summed E-state index contributed by atoms with van der Waals surface area (Å²) in [6, 6.07) is 14.3. The first kappa shape index (κ1) is 22.6. The Morgan fingerprint density at radius 3 is 2.41 bits per heavy atom. The SMILES string of the molecule is Cc1cccc(C)c1N1CC(c2nc3ccccc3n2CCC(=O)N2CCCCCC2)CC1=O. The number of anilines is 1. The largest absolute Gasteiger partial charge is 0.343 e. The van der Waals surface area contributed by atoms with Crippen molar-refractivity contribution >= 4 is 28.5 Å². The van der Waals surface area contributed by atoms with E-state index in [0.717, 1.165) is 59.6 Å². The van der Waals surface area contributed by atoms with Crippen molar-refractivity contribution in [2.75, 3.05) is 24.5 Å². The van der Waals surface area contributed by atoms with Gasteiger partial charge in [-0.15, -0.1) is 0 Å². The van der Waals surface area contributed by atoms with Crippen LogP contribution in [-0.2, 0) is 16.1 Å². The van der Waals surface area contributed by atoms with Crippen LogP contribution in [0.4, 0.5) is 5.69 Å². The van der Waals surface area contributed by atoms with Gasteiger partial charge in [0.15, 0.2) is 0 Å². The van der Waals surface area contributed by atoms with Crippen molar-refractivity contribution in [3.8, 4) is 0 Å². The Morgan fingerprint density at radius 2 is 1.68 bits per heavy atom. The molecule has 34 heavy (non-hydrogen) atoms. The van der Waals surface area contributed by atoms with E-state index in [1.54, 1.807) is 0 Å². The zero-order chi connectivity index (χ0) is 23.7. The van der Waals surface area contributed by atoms with Gasteiger partial charge in [-0.2, -0.15) is 0 Å². The number of fused-ring (bicyclic) bond motifs is 1. The van der Waals surface area contributed by atoms with Crippen LogP contribution in [0.1, 0.15) is 61.4 Å². The summed E-state index contributed by atoms with van der Waals surface area (Å²) in [6.07, 6.45) is 5.54. The fourth-order valence-electron chi connectivity index (χ4n) is 5.65. The summed E-state index contributed by atoms with van der Waals surface area (Å²) >= 11 is 0. The van der Waals surface area contributed by atoms with E-state index in [4.69, 9.17) is 4.98 Å². The van der Waals surface area contributed by atoms with Crippen LogP contribution >= 0.6 is 0 Å². The molecule has 178 valence electrons. The molecule has 5 rings (SSSR count). The van der Waals surface area contributed by atoms with E-state index in [2.05, 4.69) is 36.6 Å². The number of benzene rings is 2. The normalized spacial score (nSPS) is 19.1. The van der Waals surface area contributed by atoms with Gasteiger partial charge in [-0.25, -0.2) is 4.98 Å². The lowest BCUT2D eigenvalue weighted by Crippen LogP contribution is -2.32. The molecule has 2 amide bonds. The van der Waals surface area contributed by atoms with Crippen LogP contribution in [0, 0.1) is 13.8 Å². The zero-order valence-electron chi connectivity index (χ0n) is 20.3. The van der Waals surface area contributed by atoms with Gasteiger partial charge in [0, 0.05) is 50.6 Å². The van der Waals surface area contributed by atoms with Crippen molar-refractivity contribution in [3.63, 3.8) is 0 Å². The number of hydrogen-bond acceptors (Lipinski definition) is 3. The molecule has 2 saturated heterocycles. The molecule has 0 saturated carbocycles. The average Bonchev–Trinajstić information content (AvgIpc) is 3.25. The molecule has 0 aliphatic carbocycles. The molecule has 0 N–H and O–H groups in total. The van der Waals surface area contributed by atoms with Gasteiger partial charge in [0.1, 0.15) is 5.82 Å². The Balaban J connectivity index is 1.41. The fraction of sp³-hybridized carbons (Fsp3) is 0.464. The van der Waals surface area contributed by atoms with E-state index >= 15 is 0 Å². The number of rotatable bonds is 5. The monoisotopic (exact) mass is 458 g/mol. The molecule has 2 aliphatic heterocycles. The second-order valence-electron chi connectivity index (χ2n) is 9.80. The molecule has 3 heterocycles. The Labute approximate surface area is 201 Å². The minimum atomic E-state index is 0.00666. The number of hydrogen-bond donors (Lipinski definition) is 0. The van der Waals surface area contributed by atoms with Crippen LogP contribution in [-0.4, -0.2) is 45.9 Å². The Bertz CT molecular complexity index is 1190. The third-order valence-corrected chi connectivity index (χ3v) is 7.39. The first-order valence-corrected chi connectivity index (χ1v) is 12.6. The third kappa shape index (κ3) is 4.33. The lowest BCUT2D eigenvalue weighted by Gasteiger charge is -2.22. The molecule has 2 aromatic carbocycles. The quantitative estimate of drug-likeness (QED) is 0.543. The van der Waals surface area contributed by atoms with E-state index < -0.39 is 0 Å². The highest BCUT2D eigenvalue weighted by Gasteiger charge is 2.36. The van der Waals surface area contributed by atoms with E-state index in [1.807, 2.05) is 34.1 Å². The van der Waals surface area contributed by atoms with E-state index in [1.165, 1.54) is 12.8 Å². The molecule has 1 aromatic heterocycles. The maximum atomic E-state index is 13.1. The van der Waals surface area contributed by atoms with Crippen molar-refractivity contribution in [2.24, 2.45) is 0 Å². The fourth-order valence-corrected chi connectivity index (χ4v) is 5.65. The number of nitrogens with zero attached hydrogens (tertiary/aromatic N) is 4. The minimum absolute atomic E-state index is 0.00666. The van der Waals surface area contributed by atoms with Gasteiger partial charge in [0.05, 0.1) is 11.0 Å². The Kier molecular flexibility index (Phi) is 6.40. The first-order chi connectivity index (χ1) is 16.5. The molecule has 6 nitrogen and oxygen atoms in total. The van der Waals surface area contributed by atoms with Gasteiger partial charge in [0.2, 0.25) is 11.8 Å². The highest BCUT2D eigenvalue weighted by Crippen LogP contribution is 2.36. The topological polar surface area (TPSA) is 58.4 Å². The van der Waals surface area contributed by atoms with E-state index in [0.29, 0.717) is 25.9 Å². The molecule has 1 unspecified atom stereocenters. The predicted octanol–water partition coefficient (Wildman–Crippen LogP) is 4.97. The summed E-state index contributed by atoms with van der Waals surface area (Å²) in [5.41, 5.74) is 5.22. The summed E-state index contributed by atoms with van der Waals surface area (Å²) in [7, 11) is 0. The molecular formula is C28H34N4O2. The lowest BCUT2D eigenvalue weighted by atomic mass is 10.1. The van der Waals surface area contributed by atoms with E-state index in [9.17, 15) is 9.59 Å². The molecular weight excluding hydrogens is 424 g/mol. The predicted molar refractivity (Wildman–Crippen MR) is 135 cm³/mol. The Hall–Kier alpha value is -3.15. The second kappa shape index (κ2) is 9.61. The maximum Gasteiger partial charge on any atom is 0.227 e. The van der Waals surface area contributed by atoms with Gasteiger partial charge in [-0.05, 0) is 49.9 Å². The van der Waals surface area contributed by atoms with Crippen molar-refractivity contribution in [1.29, 1.82) is 0 Å². The number of carbonyl (C=O) groups excluding carboxylic acids is 2. The average molecular weight is 459 g/mol. The second-order valence-corrected chi connectivity index (χ2v) is 9.80. The smallest absolute Gasteiger partial charge is 0.227 e. The van der Waals surface area contributed by atoms with Crippen molar-refractivity contribution < 1.29 is 9.59 Å². The van der Waals surface area contributed by atoms with E-state index in [-0.39, 0.29) is 17.7 Å². The van der Waals surface area contributed by atoms with Crippen LogP contribution in [0.5, 0.6) is 0 Å². The highest BCUT2D eigenvalue weighted by atomic mass is 16.2. The zero-order valence-corrected chi connectivity index (χ0v) is 20.3. The molecule has 3 aromatic rings. The summed E-state index contributed by atoms with van der Waals surface area (Å²) in [5.74, 6) is 1.30. The molecule has 2 fully saturated rings. The number of imidazole rings is 1. The van der Waals surface area contributed by atoms with Crippen LogP contribution in [0.25, 0.3) is 11.0 Å². The summed E-state index contributed by atoms with van der Waals surface area (Å²) in [4.78, 5) is 35.1. The van der Waals surface area contributed by atoms with Gasteiger partial charge in [0.25, 0.3) is 0 Å². The number of para-hydroxylation sites is 3. The van der Waals surface area contributed by atoms with Gasteiger partial charge >= 0.3 is 0 Å². The maximum absolute atomic E-state index is 13.1. The number of carbonyl (C=O) groups is 2. The Morgan fingerprint density at radius 1 is 0.971 bits per heavy atom. The summed E-state index contributed by atoms with van der Waals surface area (Å²) in [5, 5.41) is 0. The molecule has 6 heteroatoms. The number of likely N-dealkylation sites (tertiary alicyclic amines) is 1. The van der Waals surface area contributed by atoms with Crippen LogP contribution < -0.4 is 4.90 Å². The summed E-state index contributed by atoms with van der Waals surface area (Å²) in [6.45, 7) is 7.09. The van der Waals surface area contributed by atoms with Gasteiger partial charge in [-0.1, -0.05) is 43.2 Å². The van der Waals surface area contributed by atoms with Gasteiger partial charge in [-0.3, -0.25) is 9.59 Å². The molecule has 1 atom stereocenters. The number of amides is 2. The standard InChI is InChI=1S/C28H34N4O2/c1-20-10-9-11-21(2)27(20)32-19-22(18-26(32)34)28-29-23-12-5-6-13-24(23)31(28)17-14-25(33)30-15-7-3-4-8-16-30/h5-6,9-13,22H,3-4,7-8,14-19H2,1-2H3. The lowest BCUT2D eigenvalue weighted by molar-refractivity contribution is -0.131. The number of aromatic nitrogens is 2. The molecule has 0 bridgehead atoms. The number of aryl methyl sites for hydroxylation is 3. The third-order valence-electron chi connectivity index (χ3n) is 7.39. The highest BCUT2D eigenvalue weighted by molar-refractivity contribution is 5.98. The summed E-state index contributed by atoms with van der Waals surface area (Å²) < 4.78 is 2.19. The molecule has 0 radical (unpaired) electrons. The molecule has 0 spiro atoms. The minimum Gasteiger partial charge on any atom is -0.343 e. The molecule has 2 aliphatic rings.